The molecule has 0 aliphatic heterocycles. The molecule has 1 aromatic heterocycles. The average molecular weight is 289 g/mol. The molecule has 0 aliphatic carbocycles. The van der Waals surface area contributed by atoms with Crippen LogP contribution >= 0.6 is 15.9 Å². The van der Waals surface area contributed by atoms with E-state index in [1.54, 1.807) is 6.07 Å². The minimum atomic E-state index is -0.146. The Labute approximate surface area is 104 Å². The number of carbonyl (C=O) groups is 1. The van der Waals surface area contributed by atoms with E-state index in [1.807, 2.05) is 0 Å². The number of rotatable bonds is 6. The van der Waals surface area contributed by atoms with E-state index in [2.05, 4.69) is 28.2 Å². The molecule has 1 amide bonds. The van der Waals surface area contributed by atoms with Crippen molar-refractivity contribution in [3.8, 4) is 0 Å². The third-order valence-electron chi connectivity index (χ3n) is 2.39. The Hall–Kier alpha value is -0.810. The van der Waals surface area contributed by atoms with Crippen LogP contribution in [0.25, 0.3) is 0 Å². The fourth-order valence-electron chi connectivity index (χ4n) is 1.42. The van der Waals surface area contributed by atoms with Crippen molar-refractivity contribution in [3.05, 3.63) is 22.6 Å². The van der Waals surface area contributed by atoms with E-state index in [9.17, 15) is 4.79 Å². The summed E-state index contributed by atoms with van der Waals surface area (Å²) in [5.74, 6) is -0.146. The molecule has 0 saturated heterocycles. The summed E-state index contributed by atoms with van der Waals surface area (Å²) in [5.41, 5.74) is 6.11. The molecule has 5 heteroatoms. The van der Waals surface area contributed by atoms with Crippen molar-refractivity contribution in [3.63, 3.8) is 0 Å². The van der Waals surface area contributed by atoms with Gasteiger partial charge in [-0.25, -0.2) is 0 Å². The molecule has 1 aromatic rings. The quantitative estimate of drug-likeness (QED) is 0.844. The molecular formula is C11H17BrN2O2. The molecule has 4 nitrogen and oxygen atoms in total. The predicted octanol–water partition coefficient (Wildman–Crippen LogP) is 2.29. The molecule has 0 fully saturated rings. The highest BCUT2D eigenvalue weighted by Gasteiger charge is 2.16. The molecule has 3 N–H and O–H groups in total. The van der Waals surface area contributed by atoms with Crippen molar-refractivity contribution >= 4 is 21.8 Å². The molecule has 1 rings (SSSR count). The number of hydrogen-bond acceptors (Lipinski definition) is 3. The van der Waals surface area contributed by atoms with Crippen LogP contribution in [0.15, 0.2) is 21.4 Å². The minimum Gasteiger partial charge on any atom is -0.457 e. The van der Waals surface area contributed by atoms with Gasteiger partial charge in [-0.1, -0.05) is 19.8 Å². The van der Waals surface area contributed by atoms with Crippen LogP contribution in [0.4, 0.5) is 0 Å². The fraction of sp³-hybridized carbons (Fsp3) is 0.545. The van der Waals surface area contributed by atoms with Crippen molar-refractivity contribution in [2.45, 2.75) is 32.2 Å². The lowest BCUT2D eigenvalue weighted by molar-refractivity contribution is 0.0934. The summed E-state index contributed by atoms with van der Waals surface area (Å²) in [6, 6.07) is 1.67. The summed E-state index contributed by atoms with van der Waals surface area (Å²) in [5, 5.41) is 2.89. The number of halogens is 1. The molecule has 0 aliphatic rings. The molecule has 1 heterocycles. The molecule has 0 saturated carbocycles. The van der Waals surface area contributed by atoms with Crippen LogP contribution in [-0.2, 0) is 0 Å². The Balaban J connectivity index is 2.52. The van der Waals surface area contributed by atoms with Crippen LogP contribution in [0.5, 0.6) is 0 Å². The van der Waals surface area contributed by atoms with Crippen LogP contribution in [0.3, 0.4) is 0 Å². The van der Waals surface area contributed by atoms with Gasteiger partial charge in [-0.3, -0.25) is 4.79 Å². The third kappa shape index (κ3) is 3.64. The monoisotopic (exact) mass is 288 g/mol. The second-order valence-corrected chi connectivity index (χ2v) is 4.38. The molecule has 0 aromatic carbocycles. The van der Waals surface area contributed by atoms with E-state index in [1.165, 1.54) is 6.26 Å². The smallest absolute Gasteiger partial charge is 0.256 e. The zero-order chi connectivity index (χ0) is 12.0. The van der Waals surface area contributed by atoms with Crippen LogP contribution in [0.2, 0.25) is 0 Å². The van der Waals surface area contributed by atoms with Gasteiger partial charge in [-0.15, -0.1) is 0 Å². The van der Waals surface area contributed by atoms with Gasteiger partial charge in [0.2, 0.25) is 0 Å². The first-order valence-corrected chi connectivity index (χ1v) is 6.22. The first-order chi connectivity index (χ1) is 7.69. The Morgan fingerprint density at radius 2 is 2.44 bits per heavy atom. The molecule has 0 spiro atoms. The Bertz CT molecular complexity index is 338. The number of nitrogens with one attached hydrogen (secondary N) is 1. The largest absolute Gasteiger partial charge is 0.457 e. The van der Waals surface area contributed by atoms with Crippen LogP contribution in [0.1, 0.15) is 36.5 Å². The van der Waals surface area contributed by atoms with Crippen LogP contribution in [-0.4, -0.2) is 18.5 Å². The van der Waals surface area contributed by atoms with Gasteiger partial charge in [-0.05, 0) is 28.4 Å². The zero-order valence-electron chi connectivity index (χ0n) is 9.33. The molecule has 1 unspecified atom stereocenters. The van der Waals surface area contributed by atoms with Gasteiger partial charge in [0, 0.05) is 12.6 Å². The molecule has 90 valence electrons. The van der Waals surface area contributed by atoms with Gasteiger partial charge in [0.05, 0.1) is 11.8 Å². The lowest BCUT2D eigenvalue weighted by atomic mass is 10.1. The summed E-state index contributed by atoms with van der Waals surface area (Å²) in [6.07, 6.45) is 4.55. The number of hydrogen-bond donors (Lipinski definition) is 2. The lowest BCUT2D eigenvalue weighted by Crippen LogP contribution is -2.40. The van der Waals surface area contributed by atoms with Crippen molar-refractivity contribution in [2.75, 3.05) is 6.54 Å². The van der Waals surface area contributed by atoms with Crippen molar-refractivity contribution in [1.29, 1.82) is 0 Å². The number of amides is 1. The Morgan fingerprint density at radius 3 is 2.94 bits per heavy atom. The molecule has 16 heavy (non-hydrogen) atoms. The number of unbranched alkanes of at least 4 members (excludes halogenated alkanes) is 1. The maximum absolute atomic E-state index is 11.8. The molecular weight excluding hydrogens is 272 g/mol. The maximum atomic E-state index is 11.8. The van der Waals surface area contributed by atoms with Crippen molar-refractivity contribution < 1.29 is 9.21 Å². The van der Waals surface area contributed by atoms with E-state index in [0.29, 0.717) is 16.8 Å². The van der Waals surface area contributed by atoms with Crippen molar-refractivity contribution in [2.24, 2.45) is 5.73 Å². The summed E-state index contributed by atoms with van der Waals surface area (Å²) in [6.45, 7) is 2.57. The van der Waals surface area contributed by atoms with Gasteiger partial charge in [-0.2, -0.15) is 0 Å². The Kier molecular flexibility index (Phi) is 5.55. The van der Waals surface area contributed by atoms with E-state index in [4.69, 9.17) is 10.2 Å². The molecule has 0 radical (unpaired) electrons. The first-order valence-electron chi connectivity index (χ1n) is 5.43. The van der Waals surface area contributed by atoms with Crippen LogP contribution < -0.4 is 11.1 Å². The van der Waals surface area contributed by atoms with E-state index in [-0.39, 0.29) is 11.9 Å². The van der Waals surface area contributed by atoms with Gasteiger partial charge < -0.3 is 15.5 Å². The van der Waals surface area contributed by atoms with Crippen molar-refractivity contribution in [1.82, 2.24) is 5.32 Å². The van der Waals surface area contributed by atoms with Crippen LogP contribution in [0, 0.1) is 0 Å². The lowest BCUT2D eigenvalue weighted by Gasteiger charge is -2.15. The summed E-state index contributed by atoms with van der Waals surface area (Å²) < 4.78 is 5.46. The zero-order valence-corrected chi connectivity index (χ0v) is 10.9. The molecule has 1 atom stereocenters. The highest BCUT2D eigenvalue weighted by Crippen LogP contribution is 2.17. The predicted molar refractivity (Wildman–Crippen MR) is 66.2 cm³/mol. The SMILES string of the molecule is CCCCC(CN)NC(=O)c1ccoc1Br. The normalized spacial score (nSPS) is 12.4. The van der Waals surface area contributed by atoms with E-state index in [0.717, 1.165) is 19.3 Å². The highest BCUT2D eigenvalue weighted by atomic mass is 79.9. The summed E-state index contributed by atoms with van der Waals surface area (Å²) in [4.78, 5) is 11.8. The van der Waals surface area contributed by atoms with E-state index >= 15 is 0 Å². The van der Waals surface area contributed by atoms with Gasteiger partial charge in [0.15, 0.2) is 4.67 Å². The fourth-order valence-corrected chi connectivity index (χ4v) is 1.84. The van der Waals surface area contributed by atoms with E-state index < -0.39 is 0 Å². The number of nitrogens with two attached hydrogens (primary N) is 1. The highest BCUT2D eigenvalue weighted by molar-refractivity contribution is 9.10. The second kappa shape index (κ2) is 6.70. The third-order valence-corrected chi connectivity index (χ3v) is 3.00. The first kappa shape index (κ1) is 13.3. The maximum Gasteiger partial charge on any atom is 0.256 e. The van der Waals surface area contributed by atoms with Gasteiger partial charge in [0.1, 0.15) is 0 Å². The standard InChI is InChI=1S/C11H17BrN2O2/c1-2-3-4-8(7-13)14-11(15)9-5-6-16-10(9)12/h5-6,8H,2-4,7,13H2,1H3,(H,14,15). The molecule has 0 bridgehead atoms. The number of furan rings is 1. The topological polar surface area (TPSA) is 68.3 Å². The number of carbonyl (C=O) groups excluding carboxylic acids is 1. The minimum absolute atomic E-state index is 0.0363. The van der Waals surface area contributed by atoms with Gasteiger partial charge >= 0.3 is 0 Å². The Morgan fingerprint density at radius 1 is 1.69 bits per heavy atom. The average Bonchev–Trinajstić information content (AvgIpc) is 2.70. The summed E-state index contributed by atoms with van der Waals surface area (Å²) >= 11 is 3.17. The summed E-state index contributed by atoms with van der Waals surface area (Å²) in [7, 11) is 0. The second-order valence-electron chi connectivity index (χ2n) is 3.66. The van der Waals surface area contributed by atoms with Gasteiger partial charge in [0.25, 0.3) is 5.91 Å².